The normalized spacial score (nSPS) is 16.5. The van der Waals surface area contributed by atoms with Crippen LogP contribution in [-0.4, -0.2) is 40.2 Å². The summed E-state index contributed by atoms with van der Waals surface area (Å²) in [5.41, 5.74) is 1.01. The summed E-state index contributed by atoms with van der Waals surface area (Å²) in [5.74, 6) is 0.962. The van der Waals surface area contributed by atoms with Crippen LogP contribution in [0.5, 0.6) is 0 Å². The molecule has 0 saturated heterocycles. The number of hydrogen-bond donors (Lipinski definition) is 2. The third kappa shape index (κ3) is 5.51. The average Bonchev–Trinajstić information content (AvgIpc) is 3.37. The summed E-state index contributed by atoms with van der Waals surface area (Å²) < 4.78 is 0. The summed E-state index contributed by atoms with van der Waals surface area (Å²) >= 11 is 3.19. The number of thiazole rings is 1. The van der Waals surface area contributed by atoms with Crippen molar-refractivity contribution in [1.82, 2.24) is 15.2 Å². The molecule has 1 saturated carbocycles. The van der Waals surface area contributed by atoms with Crippen molar-refractivity contribution in [2.24, 2.45) is 0 Å². The largest absolute Gasteiger partial charge is 0.337 e. The van der Waals surface area contributed by atoms with Gasteiger partial charge in [-0.3, -0.25) is 10.1 Å². The summed E-state index contributed by atoms with van der Waals surface area (Å²) in [6.45, 7) is 1.28. The van der Waals surface area contributed by atoms with Crippen LogP contribution < -0.4 is 10.6 Å². The number of nitrogens with zero attached hydrogens (tertiary/aromatic N) is 2. The molecule has 1 aromatic carbocycles. The van der Waals surface area contributed by atoms with Crippen molar-refractivity contribution in [3.05, 3.63) is 40.9 Å². The van der Waals surface area contributed by atoms with Gasteiger partial charge in [0.25, 0.3) is 0 Å². The molecule has 1 aliphatic carbocycles. The molecule has 4 rings (SSSR count). The van der Waals surface area contributed by atoms with Crippen LogP contribution in [-0.2, 0) is 17.8 Å². The summed E-state index contributed by atoms with van der Waals surface area (Å²) in [5, 5.41) is 6.52. The van der Waals surface area contributed by atoms with E-state index in [9.17, 15) is 9.59 Å². The fourth-order valence-corrected chi connectivity index (χ4v) is 5.66. The van der Waals surface area contributed by atoms with Gasteiger partial charge in [-0.2, -0.15) is 0 Å². The minimum atomic E-state index is -0.172. The molecule has 154 valence electrons. The van der Waals surface area contributed by atoms with Gasteiger partial charge in [0, 0.05) is 41.0 Å². The van der Waals surface area contributed by atoms with Gasteiger partial charge in [0.15, 0.2) is 5.13 Å². The van der Waals surface area contributed by atoms with E-state index in [0.717, 1.165) is 35.6 Å². The Hall–Kier alpha value is -2.06. The maximum atomic E-state index is 12.6. The van der Waals surface area contributed by atoms with E-state index in [0.29, 0.717) is 24.6 Å². The third-order valence-electron chi connectivity index (χ3n) is 5.32. The fourth-order valence-electron chi connectivity index (χ4n) is 3.78. The number of aromatic nitrogens is 1. The predicted molar refractivity (Wildman–Crippen MR) is 117 cm³/mol. The fraction of sp³-hybridized carbons (Fsp3) is 0.476. The van der Waals surface area contributed by atoms with Gasteiger partial charge in [-0.1, -0.05) is 42.4 Å². The number of hydrogen-bond acceptors (Lipinski definition) is 5. The predicted octanol–water partition coefficient (Wildman–Crippen LogP) is 4.27. The Morgan fingerprint density at radius 1 is 1.21 bits per heavy atom. The first-order chi connectivity index (χ1) is 14.2. The number of carbonyl (C=O) groups is 2. The number of benzene rings is 1. The van der Waals surface area contributed by atoms with Crippen molar-refractivity contribution in [3.63, 3.8) is 0 Å². The van der Waals surface area contributed by atoms with Gasteiger partial charge in [0.05, 0.1) is 12.2 Å². The molecule has 2 N–H and O–H groups in total. The lowest BCUT2D eigenvalue weighted by Crippen LogP contribution is -2.36. The highest BCUT2D eigenvalue weighted by Crippen LogP contribution is 2.29. The number of rotatable bonds is 6. The van der Waals surface area contributed by atoms with Crippen LogP contribution in [0.15, 0.2) is 35.2 Å². The zero-order valence-electron chi connectivity index (χ0n) is 16.4. The van der Waals surface area contributed by atoms with Gasteiger partial charge in [-0.15, -0.1) is 11.8 Å². The molecule has 3 amide bonds. The molecule has 6 nitrogen and oxygen atoms in total. The zero-order valence-corrected chi connectivity index (χ0v) is 18.0. The van der Waals surface area contributed by atoms with Gasteiger partial charge in [0.2, 0.25) is 5.91 Å². The first-order valence-corrected chi connectivity index (χ1v) is 12.0. The number of anilines is 1. The minimum absolute atomic E-state index is 0.172. The highest BCUT2D eigenvalue weighted by molar-refractivity contribution is 7.99. The maximum Gasteiger partial charge on any atom is 0.321 e. The van der Waals surface area contributed by atoms with E-state index in [2.05, 4.69) is 27.8 Å². The lowest BCUT2D eigenvalue weighted by molar-refractivity contribution is -0.131. The summed E-state index contributed by atoms with van der Waals surface area (Å²) in [6.07, 6.45) is 5.76. The second kappa shape index (κ2) is 9.63. The summed E-state index contributed by atoms with van der Waals surface area (Å²) in [4.78, 5) is 33.5. The topological polar surface area (TPSA) is 74.3 Å². The number of fused-ring (bicyclic) bond motifs is 1. The molecule has 29 heavy (non-hydrogen) atoms. The molecular formula is C21H26N4O2S2. The quantitative estimate of drug-likeness (QED) is 0.671. The highest BCUT2D eigenvalue weighted by atomic mass is 32.2. The van der Waals surface area contributed by atoms with Crippen molar-refractivity contribution < 1.29 is 9.59 Å². The molecule has 1 fully saturated rings. The lowest BCUT2D eigenvalue weighted by atomic mass is 10.1. The Kier molecular flexibility index (Phi) is 6.71. The number of nitrogens with one attached hydrogen (secondary N) is 2. The monoisotopic (exact) mass is 430 g/mol. The SMILES string of the molecule is O=C(Nc1nc2c(s1)CN(C(=O)CCSc1ccccc1)CC2)NC1CCCC1. The number of carbonyl (C=O) groups excluding carboxylic acids is 2. The Morgan fingerprint density at radius 3 is 2.79 bits per heavy atom. The van der Waals surface area contributed by atoms with Gasteiger partial charge in [-0.05, 0) is 25.0 Å². The van der Waals surface area contributed by atoms with Crippen molar-refractivity contribution >= 4 is 40.2 Å². The van der Waals surface area contributed by atoms with Gasteiger partial charge in [0.1, 0.15) is 0 Å². The molecular weight excluding hydrogens is 404 g/mol. The van der Waals surface area contributed by atoms with E-state index < -0.39 is 0 Å². The van der Waals surface area contributed by atoms with Crippen LogP contribution in [0.2, 0.25) is 0 Å². The van der Waals surface area contributed by atoms with E-state index in [1.165, 1.54) is 29.1 Å². The van der Waals surface area contributed by atoms with Crippen molar-refractivity contribution in [2.75, 3.05) is 17.6 Å². The van der Waals surface area contributed by atoms with E-state index in [-0.39, 0.29) is 18.0 Å². The van der Waals surface area contributed by atoms with Crippen molar-refractivity contribution in [3.8, 4) is 0 Å². The average molecular weight is 431 g/mol. The van der Waals surface area contributed by atoms with Crippen LogP contribution in [0, 0.1) is 0 Å². The second-order valence-corrected chi connectivity index (χ2v) is 9.70. The molecule has 0 spiro atoms. The van der Waals surface area contributed by atoms with Crippen LogP contribution in [0.4, 0.5) is 9.93 Å². The summed E-state index contributed by atoms with van der Waals surface area (Å²) in [6, 6.07) is 10.3. The first-order valence-electron chi connectivity index (χ1n) is 10.2. The molecule has 2 aliphatic rings. The van der Waals surface area contributed by atoms with Gasteiger partial charge < -0.3 is 10.2 Å². The number of thioether (sulfide) groups is 1. The summed E-state index contributed by atoms with van der Waals surface area (Å²) in [7, 11) is 0. The molecule has 1 aromatic heterocycles. The Balaban J connectivity index is 1.25. The van der Waals surface area contributed by atoms with Crippen molar-refractivity contribution in [1.29, 1.82) is 0 Å². The highest BCUT2D eigenvalue weighted by Gasteiger charge is 2.25. The van der Waals surface area contributed by atoms with E-state index in [1.54, 1.807) is 11.8 Å². The lowest BCUT2D eigenvalue weighted by Gasteiger charge is -2.26. The van der Waals surface area contributed by atoms with Gasteiger partial charge >= 0.3 is 6.03 Å². The maximum absolute atomic E-state index is 12.6. The zero-order chi connectivity index (χ0) is 20.1. The third-order valence-corrected chi connectivity index (χ3v) is 7.33. The molecule has 0 atom stereocenters. The smallest absolute Gasteiger partial charge is 0.321 e. The Morgan fingerprint density at radius 2 is 2.00 bits per heavy atom. The second-order valence-electron chi connectivity index (χ2n) is 7.45. The molecule has 2 aromatic rings. The standard InChI is InChI=1S/C21H26N4O2S2/c26-19(11-13-28-16-8-2-1-3-9-16)25-12-10-17-18(14-25)29-21(23-17)24-20(27)22-15-6-4-5-7-15/h1-3,8-9,15H,4-7,10-14H2,(H2,22,23,24,27). The Bertz CT molecular complexity index is 850. The Labute approximate surface area is 179 Å². The number of amides is 3. The molecule has 0 bridgehead atoms. The van der Waals surface area contributed by atoms with Gasteiger partial charge in [-0.25, -0.2) is 9.78 Å². The number of urea groups is 1. The van der Waals surface area contributed by atoms with E-state index in [4.69, 9.17) is 0 Å². The van der Waals surface area contributed by atoms with E-state index >= 15 is 0 Å². The molecule has 0 unspecified atom stereocenters. The molecule has 8 heteroatoms. The van der Waals surface area contributed by atoms with Crippen LogP contribution in [0.3, 0.4) is 0 Å². The van der Waals surface area contributed by atoms with E-state index in [1.807, 2.05) is 23.1 Å². The molecule has 1 aliphatic heterocycles. The van der Waals surface area contributed by atoms with Crippen LogP contribution >= 0.6 is 23.1 Å². The molecule has 2 heterocycles. The molecule has 0 radical (unpaired) electrons. The van der Waals surface area contributed by atoms with Crippen LogP contribution in [0.1, 0.15) is 42.7 Å². The minimum Gasteiger partial charge on any atom is -0.337 e. The first kappa shape index (κ1) is 20.2. The van der Waals surface area contributed by atoms with Crippen molar-refractivity contribution in [2.45, 2.75) is 56.0 Å². The van der Waals surface area contributed by atoms with Crippen LogP contribution in [0.25, 0.3) is 0 Å².